The topological polar surface area (TPSA) is 18.5 Å². The zero-order valence-corrected chi connectivity index (χ0v) is 49.8. The fourth-order valence-corrected chi connectivity index (χ4v) is 16.5. The molecule has 3 aliphatic rings. The van der Waals surface area contributed by atoms with E-state index in [1.807, 2.05) is 0 Å². The first-order chi connectivity index (χ1) is 45.2. The summed E-state index contributed by atoms with van der Waals surface area (Å²) in [5.74, 6) is 3.33. The fraction of sp³-hybridized carbons (Fsp3) is 0.0337. The van der Waals surface area contributed by atoms with Crippen molar-refractivity contribution in [2.75, 3.05) is 0 Å². The van der Waals surface area contributed by atoms with Gasteiger partial charge in [-0.1, -0.05) is 334 Å². The van der Waals surface area contributed by atoms with Crippen LogP contribution in [-0.4, -0.2) is 0 Å². The van der Waals surface area contributed by atoms with Crippen molar-refractivity contribution in [3.63, 3.8) is 0 Å². The maximum atomic E-state index is 7.49. The molecule has 1 aliphatic carbocycles. The Labute approximate surface area is 530 Å². The van der Waals surface area contributed by atoms with Gasteiger partial charge in [-0.15, -0.1) is 0 Å². The number of hydrogen-bond donors (Lipinski definition) is 0. The molecule has 0 saturated carbocycles. The molecule has 0 fully saturated rings. The van der Waals surface area contributed by atoms with E-state index in [0.29, 0.717) is 0 Å². The first kappa shape index (κ1) is 52.5. The maximum Gasteiger partial charge on any atom is 0.140 e. The molecule has 0 aromatic heterocycles. The van der Waals surface area contributed by atoms with Gasteiger partial charge in [-0.2, -0.15) is 0 Å². The molecule has 0 amide bonds. The average Bonchev–Trinajstić information content (AvgIpc) is 1.72. The molecule has 0 N–H and O–H groups in total. The zero-order valence-electron chi connectivity index (χ0n) is 49.8. The van der Waals surface area contributed by atoms with Crippen LogP contribution in [0.25, 0.3) is 66.1 Å². The largest absolute Gasteiger partial charge is 0.456 e. The normalized spacial score (nSPS) is 14.2. The summed E-state index contributed by atoms with van der Waals surface area (Å²) in [5, 5.41) is 4.49. The Hall–Kier alpha value is -11.6. The summed E-state index contributed by atoms with van der Waals surface area (Å²) in [4.78, 5) is 0. The van der Waals surface area contributed by atoms with Gasteiger partial charge in [0.25, 0.3) is 0 Å². The summed E-state index contributed by atoms with van der Waals surface area (Å²) in [7, 11) is 0. The number of benzene rings is 15. The Kier molecular flexibility index (Phi) is 12.0. The van der Waals surface area contributed by atoms with E-state index in [2.05, 4.69) is 352 Å². The van der Waals surface area contributed by atoms with Crippen LogP contribution in [0.1, 0.15) is 66.8 Å². The van der Waals surface area contributed by atoms with Gasteiger partial charge in [-0.3, -0.25) is 0 Å². The van der Waals surface area contributed by atoms with Gasteiger partial charge < -0.3 is 9.47 Å². The number of rotatable bonds is 9. The first-order valence-corrected chi connectivity index (χ1v) is 31.6. The molecule has 2 nitrogen and oxygen atoms in total. The Balaban J connectivity index is 0.978. The van der Waals surface area contributed by atoms with Gasteiger partial charge in [0.05, 0.1) is 16.2 Å². The van der Waals surface area contributed by atoms with Crippen molar-refractivity contribution in [1.29, 1.82) is 0 Å². The second-order valence-electron chi connectivity index (χ2n) is 24.3. The van der Waals surface area contributed by atoms with Crippen LogP contribution in [0, 0.1) is 0 Å². The van der Waals surface area contributed by atoms with Gasteiger partial charge in [0, 0.05) is 33.4 Å². The second kappa shape index (κ2) is 20.8. The van der Waals surface area contributed by atoms with Gasteiger partial charge in [-0.25, -0.2) is 0 Å². The van der Waals surface area contributed by atoms with Gasteiger partial charge in [-0.05, 0) is 118 Å². The molecule has 18 rings (SSSR count). The second-order valence-corrected chi connectivity index (χ2v) is 24.3. The minimum atomic E-state index is -0.712. The molecule has 0 unspecified atom stereocenters. The zero-order chi connectivity index (χ0) is 60.1. The Morgan fingerprint density at radius 2 is 0.484 bits per heavy atom. The SMILES string of the molecule is c1ccc(C2(c3ccccc3)c3ccccc3Oc3c(-c4cccc5c(-c6cccc7c6C(c6ccccc6)(c6ccccc6)c6ccccc6-7)c6cccc(-c7cccc8c7Oc7ccccc7C8(c7ccccc7)c7ccccc7)c6cc45)cccc32)cc1. The number of ether oxygens (including phenoxy) is 2. The Bertz CT molecular complexity index is 4970. The van der Waals surface area contributed by atoms with E-state index < -0.39 is 16.2 Å². The Morgan fingerprint density at radius 3 is 0.912 bits per heavy atom. The summed E-state index contributed by atoms with van der Waals surface area (Å²) < 4.78 is 15.0. The van der Waals surface area contributed by atoms with E-state index in [1.165, 1.54) is 61.2 Å². The predicted octanol–water partition coefficient (Wildman–Crippen LogP) is 22.3. The lowest BCUT2D eigenvalue weighted by Gasteiger charge is -2.42. The standard InChI is InChI=1S/C89H58O2/c1-7-30-59(31-8-1)87(60-32-9-2-10-33-60)77-52-21-23-56-81(77)90-85-71(48-28-54-79(85)87)65-43-25-45-68-74(65)58-75-66(72-49-29-55-80-86(72)91-82-57-24-22-53-78(82)88(80,61-34-11-3-12-35-61)62-36-13-4-14-37-62)44-26-46-69(75)83(68)73-50-27-47-70-67-42-19-20-51-76(67)89(84(70)73,63-38-15-5-16-39-63)64-40-17-6-18-41-64/h1-58H. The van der Waals surface area contributed by atoms with Gasteiger partial charge >= 0.3 is 0 Å². The fourth-order valence-electron chi connectivity index (χ4n) is 16.5. The van der Waals surface area contributed by atoms with Crippen LogP contribution in [0.3, 0.4) is 0 Å². The molecule has 15 aromatic carbocycles. The number of para-hydroxylation sites is 4. The highest BCUT2D eigenvalue weighted by Crippen LogP contribution is 2.63. The highest BCUT2D eigenvalue weighted by atomic mass is 16.5. The number of fused-ring (bicyclic) bond motifs is 9. The van der Waals surface area contributed by atoms with Crippen LogP contribution in [0.2, 0.25) is 0 Å². The van der Waals surface area contributed by atoms with Crippen LogP contribution < -0.4 is 9.47 Å². The molecule has 91 heavy (non-hydrogen) atoms. The van der Waals surface area contributed by atoms with Crippen molar-refractivity contribution in [2.45, 2.75) is 16.2 Å². The summed E-state index contributed by atoms with van der Waals surface area (Å²) in [5.41, 5.74) is 20.9. The van der Waals surface area contributed by atoms with E-state index in [-0.39, 0.29) is 0 Å². The molecule has 426 valence electrons. The third-order valence-corrected chi connectivity index (χ3v) is 20.0. The van der Waals surface area contributed by atoms with Crippen molar-refractivity contribution < 1.29 is 9.47 Å². The summed E-state index contributed by atoms with van der Waals surface area (Å²) in [6, 6.07) is 130. The highest BCUT2D eigenvalue weighted by molar-refractivity contribution is 6.20. The smallest absolute Gasteiger partial charge is 0.140 e. The predicted molar refractivity (Wildman–Crippen MR) is 372 cm³/mol. The molecule has 0 spiro atoms. The molecule has 2 heterocycles. The molecule has 0 atom stereocenters. The van der Waals surface area contributed by atoms with E-state index in [4.69, 9.17) is 9.47 Å². The van der Waals surface area contributed by atoms with Gasteiger partial charge in [0.2, 0.25) is 0 Å². The van der Waals surface area contributed by atoms with E-state index in [9.17, 15) is 0 Å². The lowest BCUT2D eigenvalue weighted by molar-refractivity contribution is 0.436. The minimum absolute atomic E-state index is 0.690. The third-order valence-electron chi connectivity index (χ3n) is 20.0. The summed E-state index contributed by atoms with van der Waals surface area (Å²) in [6.07, 6.45) is 0. The quantitative estimate of drug-likeness (QED) is 0.134. The monoisotopic (exact) mass is 1160 g/mol. The van der Waals surface area contributed by atoms with Crippen LogP contribution in [0.5, 0.6) is 23.0 Å². The summed E-state index contributed by atoms with van der Waals surface area (Å²) in [6.45, 7) is 0. The van der Waals surface area contributed by atoms with Crippen molar-refractivity contribution in [1.82, 2.24) is 0 Å². The highest BCUT2D eigenvalue weighted by Gasteiger charge is 2.50. The molecule has 15 aromatic rings. The van der Waals surface area contributed by atoms with Crippen molar-refractivity contribution in [3.05, 3.63) is 419 Å². The molecule has 2 aliphatic heterocycles. The third kappa shape index (κ3) is 7.48. The van der Waals surface area contributed by atoms with Crippen molar-refractivity contribution in [2.24, 2.45) is 0 Å². The van der Waals surface area contributed by atoms with E-state index >= 15 is 0 Å². The molecule has 0 bridgehead atoms. The van der Waals surface area contributed by atoms with Gasteiger partial charge in [0.1, 0.15) is 23.0 Å². The minimum Gasteiger partial charge on any atom is -0.456 e. The van der Waals surface area contributed by atoms with Crippen molar-refractivity contribution in [3.8, 4) is 67.5 Å². The molecular formula is C89H58O2. The molecule has 0 saturated heterocycles. The van der Waals surface area contributed by atoms with Crippen LogP contribution in [0.4, 0.5) is 0 Å². The van der Waals surface area contributed by atoms with E-state index in [1.54, 1.807) is 0 Å². The lowest BCUT2D eigenvalue weighted by Crippen LogP contribution is -2.34. The van der Waals surface area contributed by atoms with E-state index in [0.717, 1.165) is 94.6 Å². The van der Waals surface area contributed by atoms with Crippen LogP contribution in [-0.2, 0) is 16.2 Å². The maximum absolute atomic E-state index is 7.49. The average molecular weight is 1160 g/mol. The van der Waals surface area contributed by atoms with Crippen LogP contribution >= 0.6 is 0 Å². The van der Waals surface area contributed by atoms with Crippen molar-refractivity contribution >= 4 is 21.5 Å². The first-order valence-electron chi connectivity index (χ1n) is 31.6. The number of hydrogen-bond acceptors (Lipinski definition) is 2. The van der Waals surface area contributed by atoms with Crippen LogP contribution in [0.15, 0.2) is 352 Å². The molecule has 0 radical (unpaired) electrons. The Morgan fingerprint density at radius 1 is 0.187 bits per heavy atom. The molecule has 2 heteroatoms. The summed E-state index contributed by atoms with van der Waals surface area (Å²) >= 11 is 0. The molecular weight excluding hydrogens is 1100 g/mol. The van der Waals surface area contributed by atoms with Gasteiger partial charge in [0.15, 0.2) is 0 Å². The lowest BCUT2D eigenvalue weighted by atomic mass is 9.63.